The van der Waals surface area contributed by atoms with Crippen LogP contribution < -0.4 is 16.0 Å². The van der Waals surface area contributed by atoms with Crippen molar-refractivity contribution in [3.05, 3.63) is 71.9 Å². The number of hydrogen-bond acceptors (Lipinski definition) is 4. The summed E-state index contributed by atoms with van der Waals surface area (Å²) in [6.45, 7) is 2.23. The molecule has 5 heteroatoms. The number of nitrogens with two attached hydrogens (primary N) is 1. The van der Waals surface area contributed by atoms with Gasteiger partial charge in [0.25, 0.3) is 5.91 Å². The highest BCUT2D eigenvalue weighted by Crippen LogP contribution is 2.24. The maximum absolute atomic E-state index is 13.0. The van der Waals surface area contributed by atoms with E-state index in [-0.39, 0.29) is 11.9 Å². The van der Waals surface area contributed by atoms with Crippen molar-refractivity contribution in [1.82, 2.24) is 10.3 Å². The molecule has 2 aromatic carbocycles. The van der Waals surface area contributed by atoms with Gasteiger partial charge in [0.05, 0.1) is 11.6 Å². The first-order valence-electron chi connectivity index (χ1n) is 9.46. The zero-order valence-electron chi connectivity index (χ0n) is 15.3. The van der Waals surface area contributed by atoms with E-state index in [2.05, 4.69) is 39.5 Å². The lowest BCUT2D eigenvalue weighted by atomic mass is 10.0. The van der Waals surface area contributed by atoms with Gasteiger partial charge < -0.3 is 16.0 Å². The Kier molecular flexibility index (Phi) is 5.03. The van der Waals surface area contributed by atoms with Gasteiger partial charge in [-0.15, -0.1) is 0 Å². The van der Waals surface area contributed by atoms with Gasteiger partial charge in [0, 0.05) is 25.8 Å². The molecule has 1 fully saturated rings. The fraction of sp³-hybridized carbons (Fsp3) is 0.273. The molecule has 0 spiro atoms. The van der Waals surface area contributed by atoms with Crippen molar-refractivity contribution in [3.63, 3.8) is 0 Å². The molecular weight excluding hydrogens is 336 g/mol. The zero-order chi connectivity index (χ0) is 18.6. The number of nitrogens with one attached hydrogen (secondary N) is 1. The number of fused-ring (bicyclic) bond motifs is 1. The van der Waals surface area contributed by atoms with Gasteiger partial charge in [-0.05, 0) is 47.4 Å². The quantitative estimate of drug-likeness (QED) is 0.733. The van der Waals surface area contributed by atoms with E-state index in [1.165, 1.54) is 5.39 Å². The SMILES string of the molecule is NCC(NC(=O)c1cccnc1N1CCCC1)c1ccc2ccccc2c1. The minimum absolute atomic E-state index is 0.131. The summed E-state index contributed by atoms with van der Waals surface area (Å²) in [5, 5.41) is 5.41. The lowest BCUT2D eigenvalue weighted by Crippen LogP contribution is -2.34. The fourth-order valence-corrected chi connectivity index (χ4v) is 3.69. The summed E-state index contributed by atoms with van der Waals surface area (Å²) in [6, 6.07) is 17.8. The third-order valence-electron chi connectivity index (χ3n) is 5.15. The first kappa shape index (κ1) is 17.5. The Morgan fingerprint density at radius 3 is 2.63 bits per heavy atom. The lowest BCUT2D eigenvalue weighted by Gasteiger charge is -2.22. The highest BCUT2D eigenvalue weighted by molar-refractivity contribution is 5.99. The molecule has 1 atom stereocenters. The smallest absolute Gasteiger partial charge is 0.255 e. The maximum atomic E-state index is 13.0. The first-order chi connectivity index (χ1) is 13.3. The second kappa shape index (κ2) is 7.76. The molecule has 0 aliphatic carbocycles. The number of nitrogens with zero attached hydrogens (tertiary/aromatic N) is 2. The highest BCUT2D eigenvalue weighted by Gasteiger charge is 2.22. The molecule has 1 aliphatic rings. The van der Waals surface area contributed by atoms with Gasteiger partial charge in [-0.1, -0.05) is 36.4 Å². The first-order valence-corrected chi connectivity index (χ1v) is 9.46. The molecule has 1 unspecified atom stereocenters. The van der Waals surface area contributed by atoms with E-state index in [1.54, 1.807) is 6.20 Å². The molecule has 1 aliphatic heterocycles. The largest absolute Gasteiger partial charge is 0.356 e. The van der Waals surface area contributed by atoms with Gasteiger partial charge in [0.1, 0.15) is 5.82 Å². The molecule has 27 heavy (non-hydrogen) atoms. The summed E-state index contributed by atoms with van der Waals surface area (Å²) in [5.41, 5.74) is 7.61. The number of carbonyl (C=O) groups excluding carboxylic acids is 1. The van der Waals surface area contributed by atoms with Gasteiger partial charge in [-0.2, -0.15) is 0 Å². The van der Waals surface area contributed by atoms with E-state index >= 15 is 0 Å². The van der Waals surface area contributed by atoms with Crippen LogP contribution in [0.1, 0.15) is 34.8 Å². The monoisotopic (exact) mass is 360 g/mol. The van der Waals surface area contributed by atoms with Crippen LogP contribution in [0.15, 0.2) is 60.8 Å². The molecule has 1 saturated heterocycles. The van der Waals surface area contributed by atoms with Gasteiger partial charge in [0.15, 0.2) is 0 Å². The minimum atomic E-state index is -0.242. The average Bonchev–Trinajstić information content (AvgIpc) is 3.26. The molecule has 2 heterocycles. The number of anilines is 1. The summed E-state index contributed by atoms with van der Waals surface area (Å²) in [6.07, 6.45) is 4.02. The molecule has 0 saturated carbocycles. The molecule has 138 valence electrons. The number of amides is 1. The maximum Gasteiger partial charge on any atom is 0.255 e. The number of aromatic nitrogens is 1. The second-order valence-electron chi connectivity index (χ2n) is 6.94. The summed E-state index contributed by atoms with van der Waals surface area (Å²) < 4.78 is 0. The summed E-state index contributed by atoms with van der Waals surface area (Å²) in [4.78, 5) is 19.6. The van der Waals surface area contributed by atoms with Crippen molar-refractivity contribution in [2.75, 3.05) is 24.5 Å². The van der Waals surface area contributed by atoms with Gasteiger partial charge in [0.2, 0.25) is 0 Å². The van der Waals surface area contributed by atoms with Crippen LogP contribution in [-0.2, 0) is 0 Å². The highest BCUT2D eigenvalue weighted by atomic mass is 16.1. The third-order valence-corrected chi connectivity index (χ3v) is 5.15. The van der Waals surface area contributed by atoms with Crippen molar-refractivity contribution in [1.29, 1.82) is 0 Å². The number of rotatable bonds is 5. The summed E-state index contributed by atoms with van der Waals surface area (Å²) in [7, 11) is 0. The van der Waals surface area contributed by atoms with Crippen LogP contribution in [0.25, 0.3) is 10.8 Å². The molecule has 1 aromatic heterocycles. The Morgan fingerprint density at radius 2 is 1.85 bits per heavy atom. The molecule has 3 N–H and O–H groups in total. The fourth-order valence-electron chi connectivity index (χ4n) is 3.69. The van der Waals surface area contributed by atoms with Crippen molar-refractivity contribution >= 4 is 22.5 Å². The van der Waals surface area contributed by atoms with Gasteiger partial charge in [-0.3, -0.25) is 4.79 Å². The van der Waals surface area contributed by atoms with E-state index in [0.717, 1.165) is 42.7 Å². The molecule has 5 nitrogen and oxygen atoms in total. The number of hydrogen-bond donors (Lipinski definition) is 2. The predicted octanol–water partition coefficient (Wildman–Crippen LogP) is 3.26. The lowest BCUT2D eigenvalue weighted by molar-refractivity contribution is 0.0938. The van der Waals surface area contributed by atoms with Crippen molar-refractivity contribution in [3.8, 4) is 0 Å². The van der Waals surface area contributed by atoms with Crippen molar-refractivity contribution in [2.24, 2.45) is 5.73 Å². The van der Waals surface area contributed by atoms with Crippen LogP contribution in [-0.4, -0.2) is 30.5 Å². The van der Waals surface area contributed by atoms with Crippen molar-refractivity contribution < 1.29 is 4.79 Å². The Balaban J connectivity index is 1.59. The standard InChI is InChI=1S/C22H24N4O/c23-15-20(18-10-9-16-6-1-2-7-17(16)14-18)25-22(27)19-8-5-11-24-21(19)26-12-3-4-13-26/h1-2,5-11,14,20H,3-4,12-13,15,23H2,(H,25,27). The minimum Gasteiger partial charge on any atom is -0.356 e. The number of pyridine rings is 1. The third kappa shape index (κ3) is 3.64. The molecule has 4 rings (SSSR count). The van der Waals surface area contributed by atoms with Crippen LogP contribution in [0.2, 0.25) is 0 Å². The summed E-state index contributed by atoms with van der Waals surface area (Å²) in [5.74, 6) is 0.635. The molecule has 1 amide bonds. The van der Waals surface area contributed by atoms with Crippen LogP contribution in [0.4, 0.5) is 5.82 Å². The zero-order valence-corrected chi connectivity index (χ0v) is 15.3. The number of carbonyl (C=O) groups is 1. The van der Waals surface area contributed by atoms with Crippen molar-refractivity contribution in [2.45, 2.75) is 18.9 Å². The van der Waals surface area contributed by atoms with E-state index < -0.39 is 0 Å². The Bertz CT molecular complexity index is 950. The van der Waals surface area contributed by atoms with Gasteiger partial charge in [-0.25, -0.2) is 4.98 Å². The van der Waals surface area contributed by atoms with Crippen LogP contribution in [0.5, 0.6) is 0 Å². The normalized spacial score (nSPS) is 15.1. The van der Waals surface area contributed by atoms with Crippen LogP contribution >= 0.6 is 0 Å². The van der Waals surface area contributed by atoms with Gasteiger partial charge >= 0.3 is 0 Å². The van der Waals surface area contributed by atoms with Crippen LogP contribution in [0, 0.1) is 0 Å². The average molecular weight is 360 g/mol. The molecule has 0 radical (unpaired) electrons. The van der Waals surface area contributed by atoms with Crippen LogP contribution in [0.3, 0.4) is 0 Å². The Hall–Kier alpha value is -2.92. The van der Waals surface area contributed by atoms with E-state index in [9.17, 15) is 4.79 Å². The summed E-state index contributed by atoms with van der Waals surface area (Å²) >= 11 is 0. The molecular formula is C22H24N4O. The number of benzene rings is 2. The Labute approximate surface area is 159 Å². The molecule has 0 bridgehead atoms. The molecule has 3 aromatic rings. The Morgan fingerprint density at radius 1 is 1.07 bits per heavy atom. The topological polar surface area (TPSA) is 71.2 Å². The van der Waals surface area contributed by atoms with E-state index in [0.29, 0.717) is 12.1 Å². The van der Waals surface area contributed by atoms with E-state index in [1.807, 2.05) is 30.3 Å². The van der Waals surface area contributed by atoms with E-state index in [4.69, 9.17) is 5.73 Å². The predicted molar refractivity (Wildman–Crippen MR) is 109 cm³/mol. The second-order valence-corrected chi connectivity index (χ2v) is 6.94.